The largest absolute Gasteiger partial charge is 0.403 e. The van der Waals surface area contributed by atoms with Crippen molar-refractivity contribution in [3.05, 3.63) is 53.3 Å². The molecule has 4 aromatic heterocycles. The Kier molecular flexibility index (Phi) is 3.42. The molecule has 0 aromatic carbocycles. The third kappa shape index (κ3) is 2.51. The summed E-state index contributed by atoms with van der Waals surface area (Å²) in [5.41, 5.74) is 0.827. The lowest BCUT2D eigenvalue weighted by Crippen LogP contribution is -2.43. The highest BCUT2D eigenvalue weighted by Gasteiger charge is 2.15. The first kappa shape index (κ1) is 15.0. The zero-order chi connectivity index (χ0) is 17.5. The van der Waals surface area contributed by atoms with Crippen LogP contribution in [0.4, 0.5) is 5.82 Å². The van der Waals surface area contributed by atoms with Gasteiger partial charge in [0.1, 0.15) is 5.82 Å². The normalized spacial score (nSPS) is 15.0. The van der Waals surface area contributed by atoms with Gasteiger partial charge in [0.15, 0.2) is 0 Å². The van der Waals surface area contributed by atoms with Crippen molar-refractivity contribution in [2.45, 2.75) is 0 Å². The Morgan fingerprint density at radius 3 is 2.88 bits per heavy atom. The van der Waals surface area contributed by atoms with Gasteiger partial charge < -0.3 is 14.6 Å². The molecule has 0 aliphatic carbocycles. The van der Waals surface area contributed by atoms with Crippen LogP contribution in [0.3, 0.4) is 0 Å². The van der Waals surface area contributed by atoms with E-state index in [1.54, 1.807) is 22.9 Å². The van der Waals surface area contributed by atoms with Gasteiger partial charge in [-0.3, -0.25) is 4.40 Å². The second kappa shape index (κ2) is 5.92. The van der Waals surface area contributed by atoms with E-state index in [2.05, 4.69) is 25.2 Å². The highest BCUT2D eigenvalue weighted by molar-refractivity contribution is 5.80. The van der Waals surface area contributed by atoms with Gasteiger partial charge in [-0.05, 0) is 24.3 Å². The summed E-state index contributed by atoms with van der Waals surface area (Å²) in [6, 6.07) is 7.48. The molecule has 1 fully saturated rings. The van der Waals surface area contributed by atoms with Crippen molar-refractivity contribution >= 4 is 22.7 Å². The quantitative estimate of drug-likeness (QED) is 0.584. The molecule has 8 heteroatoms. The molecule has 5 heterocycles. The van der Waals surface area contributed by atoms with Gasteiger partial charge in [-0.15, -0.1) is 0 Å². The fourth-order valence-electron chi connectivity index (χ4n) is 3.20. The minimum absolute atomic E-state index is 0.344. The molecule has 0 atom stereocenters. The van der Waals surface area contributed by atoms with E-state index in [0.717, 1.165) is 37.4 Å². The highest BCUT2D eigenvalue weighted by Crippen LogP contribution is 2.22. The van der Waals surface area contributed by atoms with Gasteiger partial charge >= 0.3 is 5.63 Å². The molecule has 0 unspecified atom stereocenters. The average Bonchev–Trinajstić information content (AvgIpc) is 3.11. The Bertz CT molecular complexity index is 1130. The predicted octanol–water partition coefficient (Wildman–Crippen LogP) is 1.31. The molecule has 4 aromatic rings. The van der Waals surface area contributed by atoms with E-state index in [4.69, 9.17) is 4.42 Å². The molecule has 1 aliphatic heterocycles. The van der Waals surface area contributed by atoms with E-state index in [9.17, 15) is 4.79 Å². The summed E-state index contributed by atoms with van der Waals surface area (Å²) in [5, 5.41) is 4.08. The van der Waals surface area contributed by atoms with E-state index in [1.807, 2.05) is 24.4 Å². The lowest BCUT2D eigenvalue weighted by atomic mass is 10.2. The molecule has 0 spiro atoms. The van der Waals surface area contributed by atoms with Crippen molar-refractivity contribution in [3.8, 4) is 11.3 Å². The molecular weight excluding hydrogens is 332 g/mol. The maximum atomic E-state index is 12.5. The van der Waals surface area contributed by atoms with E-state index >= 15 is 0 Å². The smallest absolute Gasteiger partial charge is 0.347 e. The van der Waals surface area contributed by atoms with Crippen molar-refractivity contribution in [3.63, 3.8) is 0 Å². The molecule has 0 radical (unpaired) electrons. The number of hydrogen-bond donors (Lipinski definition) is 1. The van der Waals surface area contributed by atoms with Crippen LogP contribution in [0.25, 0.3) is 28.1 Å². The Hall–Kier alpha value is -3.26. The van der Waals surface area contributed by atoms with Crippen LogP contribution in [0.1, 0.15) is 0 Å². The molecule has 26 heavy (non-hydrogen) atoms. The first-order valence-corrected chi connectivity index (χ1v) is 8.49. The number of aromatic nitrogens is 4. The summed E-state index contributed by atoms with van der Waals surface area (Å²) in [4.78, 5) is 27.8. The van der Waals surface area contributed by atoms with Gasteiger partial charge in [0.05, 0.1) is 11.3 Å². The van der Waals surface area contributed by atoms with Gasteiger partial charge in [-0.1, -0.05) is 0 Å². The van der Waals surface area contributed by atoms with Crippen molar-refractivity contribution < 1.29 is 4.42 Å². The topological polar surface area (TPSA) is 88.6 Å². The zero-order valence-electron chi connectivity index (χ0n) is 13.9. The molecule has 1 N–H and O–H groups in total. The summed E-state index contributed by atoms with van der Waals surface area (Å²) in [6.45, 7) is 3.61. The van der Waals surface area contributed by atoms with Gasteiger partial charge in [0.25, 0.3) is 0 Å². The predicted molar refractivity (Wildman–Crippen MR) is 97.3 cm³/mol. The van der Waals surface area contributed by atoms with Crippen LogP contribution < -0.4 is 15.8 Å². The number of piperazine rings is 1. The second-order valence-corrected chi connectivity index (χ2v) is 6.20. The molecule has 130 valence electrons. The molecule has 1 aliphatic rings. The summed E-state index contributed by atoms with van der Waals surface area (Å²) in [5.74, 6) is 1.36. The number of hydrogen-bond acceptors (Lipinski definition) is 7. The molecule has 0 amide bonds. The van der Waals surface area contributed by atoms with E-state index in [0.29, 0.717) is 22.7 Å². The van der Waals surface area contributed by atoms with Gasteiger partial charge in [0.2, 0.25) is 11.5 Å². The third-order valence-corrected chi connectivity index (χ3v) is 4.54. The van der Waals surface area contributed by atoms with Crippen LogP contribution in [0.2, 0.25) is 0 Å². The Labute approximate surface area is 148 Å². The first-order chi connectivity index (χ1) is 12.8. The number of rotatable bonds is 2. The number of nitrogens with zero attached hydrogens (tertiary/aromatic N) is 5. The van der Waals surface area contributed by atoms with Gasteiger partial charge in [-0.25, -0.2) is 14.8 Å². The molecule has 5 rings (SSSR count). The Morgan fingerprint density at radius 2 is 2.04 bits per heavy atom. The summed E-state index contributed by atoms with van der Waals surface area (Å²) in [6.07, 6.45) is 5.27. The van der Waals surface area contributed by atoms with Crippen LogP contribution in [0.15, 0.2) is 52.1 Å². The van der Waals surface area contributed by atoms with E-state index in [-0.39, 0.29) is 0 Å². The average molecular weight is 348 g/mol. The molecule has 1 saturated heterocycles. The zero-order valence-corrected chi connectivity index (χ0v) is 13.9. The minimum atomic E-state index is -0.453. The van der Waals surface area contributed by atoms with Crippen LogP contribution in [-0.4, -0.2) is 45.5 Å². The standard InChI is InChI=1S/C18H16N6O2/c25-17-13(14-11-24-7-1-4-20-18(24)21-14)10-12-2-3-15(22-16(12)26-17)23-8-5-19-6-9-23/h1-4,7,10-11,19H,5-6,8-9H2. The van der Waals surface area contributed by atoms with Crippen molar-refractivity contribution in [1.82, 2.24) is 24.7 Å². The van der Waals surface area contributed by atoms with E-state index < -0.39 is 5.63 Å². The van der Waals surface area contributed by atoms with Crippen molar-refractivity contribution in [2.75, 3.05) is 31.1 Å². The third-order valence-electron chi connectivity index (χ3n) is 4.54. The van der Waals surface area contributed by atoms with Crippen LogP contribution >= 0.6 is 0 Å². The summed E-state index contributed by atoms with van der Waals surface area (Å²) < 4.78 is 7.26. The van der Waals surface area contributed by atoms with Gasteiger partial charge in [-0.2, -0.15) is 4.98 Å². The van der Waals surface area contributed by atoms with Gasteiger partial charge in [0, 0.05) is 50.2 Å². The van der Waals surface area contributed by atoms with Crippen LogP contribution in [-0.2, 0) is 0 Å². The Balaban J connectivity index is 1.59. The monoisotopic (exact) mass is 348 g/mol. The number of nitrogens with one attached hydrogen (secondary N) is 1. The maximum absolute atomic E-state index is 12.5. The van der Waals surface area contributed by atoms with E-state index in [1.165, 1.54) is 0 Å². The van der Waals surface area contributed by atoms with Crippen LogP contribution in [0, 0.1) is 0 Å². The van der Waals surface area contributed by atoms with Crippen molar-refractivity contribution in [1.29, 1.82) is 0 Å². The van der Waals surface area contributed by atoms with Crippen LogP contribution in [0.5, 0.6) is 0 Å². The SMILES string of the molecule is O=c1oc2nc(N3CCNCC3)ccc2cc1-c1cn2cccnc2n1. The number of anilines is 1. The van der Waals surface area contributed by atoms with Crippen molar-refractivity contribution in [2.24, 2.45) is 0 Å². The highest BCUT2D eigenvalue weighted by atomic mass is 16.4. The minimum Gasteiger partial charge on any atom is -0.403 e. The lowest BCUT2D eigenvalue weighted by Gasteiger charge is -2.28. The molecular formula is C18H16N6O2. The Morgan fingerprint density at radius 1 is 1.15 bits per heavy atom. The fraction of sp³-hybridized carbons (Fsp3) is 0.222. The first-order valence-electron chi connectivity index (χ1n) is 8.49. The lowest BCUT2D eigenvalue weighted by molar-refractivity contribution is 0.547. The molecule has 0 bridgehead atoms. The number of imidazole rings is 1. The fourth-order valence-corrected chi connectivity index (χ4v) is 3.20. The number of fused-ring (bicyclic) bond motifs is 2. The molecule has 0 saturated carbocycles. The molecule has 8 nitrogen and oxygen atoms in total. The number of pyridine rings is 1. The summed E-state index contributed by atoms with van der Waals surface area (Å²) >= 11 is 0. The summed E-state index contributed by atoms with van der Waals surface area (Å²) in [7, 11) is 0. The maximum Gasteiger partial charge on any atom is 0.347 e. The second-order valence-electron chi connectivity index (χ2n) is 6.20.